The van der Waals surface area contributed by atoms with Crippen LogP contribution in [0.3, 0.4) is 0 Å². The molecule has 1 unspecified atom stereocenters. The van der Waals surface area contributed by atoms with Crippen LogP contribution in [0.4, 0.5) is 19.7 Å². The van der Waals surface area contributed by atoms with Crippen LogP contribution in [0.15, 0.2) is 36.7 Å². The summed E-state index contributed by atoms with van der Waals surface area (Å²) in [6, 6.07) is 4.70. The van der Waals surface area contributed by atoms with Gasteiger partial charge in [-0.05, 0) is 51.8 Å². The predicted molar refractivity (Wildman–Crippen MR) is 117 cm³/mol. The Morgan fingerprint density at radius 3 is 2.62 bits per heavy atom. The third-order valence-corrected chi connectivity index (χ3v) is 4.84. The van der Waals surface area contributed by atoms with Gasteiger partial charge in [-0.25, -0.2) is 14.0 Å². The fraction of sp³-hybridized carbons (Fsp3) is 0.409. The molecule has 32 heavy (non-hydrogen) atoms. The Morgan fingerprint density at radius 1 is 1.22 bits per heavy atom. The summed E-state index contributed by atoms with van der Waals surface area (Å²) in [4.78, 5) is 38.4. The number of urea groups is 1. The highest BCUT2D eigenvalue weighted by Crippen LogP contribution is 2.22. The smallest absolute Gasteiger partial charge is 0.410 e. The molecule has 0 aliphatic carbocycles. The van der Waals surface area contributed by atoms with Crippen molar-refractivity contribution in [3.05, 3.63) is 48.0 Å². The van der Waals surface area contributed by atoms with Crippen molar-refractivity contribution in [2.24, 2.45) is 5.73 Å². The topological polar surface area (TPSA) is 119 Å². The molecule has 0 saturated carbocycles. The highest BCUT2D eigenvalue weighted by Gasteiger charge is 2.29. The fourth-order valence-corrected chi connectivity index (χ4v) is 3.50. The molecule has 1 aromatic carbocycles. The number of likely N-dealkylation sites (tertiary alicyclic amines) is 1. The summed E-state index contributed by atoms with van der Waals surface area (Å²) in [5.74, 6) is -0.879. The second-order valence-electron chi connectivity index (χ2n) is 8.70. The van der Waals surface area contributed by atoms with Crippen molar-refractivity contribution in [3.63, 3.8) is 0 Å². The first-order valence-corrected chi connectivity index (χ1v) is 10.3. The first kappa shape index (κ1) is 23.1. The average molecular weight is 445 g/mol. The van der Waals surface area contributed by atoms with E-state index in [1.807, 2.05) is 0 Å². The lowest BCUT2D eigenvalue weighted by Gasteiger charge is -2.34. The third kappa shape index (κ3) is 5.99. The number of primary amides is 1. The highest BCUT2D eigenvalue weighted by molar-refractivity contribution is 6.03. The number of anilines is 1. The molecule has 172 valence electrons. The number of nitrogens with zero attached hydrogens (tertiary/aromatic N) is 2. The first-order chi connectivity index (χ1) is 15.0. The molecule has 4 amide bonds. The number of nitrogens with one attached hydrogen (secondary N) is 2. The Bertz CT molecular complexity index is 1010. The van der Waals surface area contributed by atoms with Crippen molar-refractivity contribution in [2.45, 2.75) is 45.3 Å². The van der Waals surface area contributed by atoms with Gasteiger partial charge in [-0.15, -0.1) is 0 Å². The number of rotatable bonds is 4. The maximum atomic E-state index is 13.6. The summed E-state index contributed by atoms with van der Waals surface area (Å²) >= 11 is 0. The molecule has 10 heteroatoms. The Balaban J connectivity index is 1.76. The number of carbonyl (C=O) groups is 3. The number of halogens is 1. The second kappa shape index (κ2) is 9.29. The summed E-state index contributed by atoms with van der Waals surface area (Å²) in [5, 5.41) is 5.33. The Labute approximate surface area is 185 Å². The van der Waals surface area contributed by atoms with Gasteiger partial charge in [0.25, 0.3) is 5.91 Å². The molecule has 0 spiro atoms. The van der Waals surface area contributed by atoms with E-state index < -0.39 is 29.4 Å². The van der Waals surface area contributed by atoms with Crippen LogP contribution in [0, 0.1) is 5.82 Å². The summed E-state index contributed by atoms with van der Waals surface area (Å²) in [5.41, 5.74) is 5.47. The second-order valence-corrected chi connectivity index (χ2v) is 8.70. The van der Waals surface area contributed by atoms with E-state index >= 15 is 0 Å². The fourth-order valence-electron chi connectivity index (χ4n) is 3.50. The number of benzene rings is 1. The van der Waals surface area contributed by atoms with E-state index in [1.165, 1.54) is 29.1 Å². The van der Waals surface area contributed by atoms with Crippen LogP contribution in [0.5, 0.6) is 0 Å². The molecule has 2 aromatic rings. The standard InChI is InChI=1S/C22H28FN5O4/c1-22(2,3)32-21(31)27-9-5-7-15(11-27)25-19(29)17-12-28(13-18(17)26-20(24)30)16-8-4-6-14(23)10-16/h4,6,8,10,12-13,15H,5,7,9,11H2,1-3H3,(H,25,29)(H3,24,26,30). The minimum atomic E-state index is -0.829. The quantitative estimate of drug-likeness (QED) is 0.669. The minimum absolute atomic E-state index is 0.169. The number of piperidine rings is 1. The lowest BCUT2D eigenvalue weighted by atomic mass is 10.1. The van der Waals surface area contributed by atoms with E-state index in [0.717, 1.165) is 0 Å². The number of ether oxygens (including phenoxy) is 1. The van der Waals surface area contributed by atoms with Gasteiger partial charge in [0.15, 0.2) is 0 Å². The van der Waals surface area contributed by atoms with Crippen molar-refractivity contribution < 1.29 is 23.5 Å². The molecule has 1 atom stereocenters. The Kier molecular flexibility index (Phi) is 6.71. The summed E-state index contributed by atoms with van der Waals surface area (Å²) < 4.78 is 20.6. The van der Waals surface area contributed by atoms with E-state index in [2.05, 4.69) is 10.6 Å². The maximum Gasteiger partial charge on any atom is 0.410 e. The lowest BCUT2D eigenvalue weighted by Crippen LogP contribution is -2.50. The number of nitrogens with two attached hydrogens (primary N) is 1. The number of hydrogen-bond acceptors (Lipinski definition) is 4. The zero-order valence-electron chi connectivity index (χ0n) is 18.4. The molecule has 1 aliphatic rings. The normalized spacial score (nSPS) is 16.4. The van der Waals surface area contributed by atoms with Gasteiger partial charge in [-0.2, -0.15) is 0 Å². The van der Waals surface area contributed by atoms with Crippen LogP contribution in [0.2, 0.25) is 0 Å². The molecule has 4 N–H and O–H groups in total. The van der Waals surface area contributed by atoms with Gasteiger partial charge in [0.05, 0.1) is 11.3 Å². The van der Waals surface area contributed by atoms with Gasteiger partial charge in [0.2, 0.25) is 0 Å². The number of carbonyl (C=O) groups excluding carboxylic acids is 3. The van der Waals surface area contributed by atoms with E-state index in [9.17, 15) is 18.8 Å². The maximum absolute atomic E-state index is 13.6. The molecule has 0 bridgehead atoms. The van der Waals surface area contributed by atoms with Crippen LogP contribution in [0.1, 0.15) is 44.0 Å². The third-order valence-electron chi connectivity index (χ3n) is 4.84. The SMILES string of the molecule is CC(C)(C)OC(=O)N1CCCC(NC(=O)c2cn(-c3cccc(F)c3)cc2NC(N)=O)C1. The van der Waals surface area contributed by atoms with Crippen LogP contribution in [0.25, 0.3) is 5.69 Å². The van der Waals surface area contributed by atoms with Crippen LogP contribution in [-0.2, 0) is 4.74 Å². The van der Waals surface area contributed by atoms with E-state index in [4.69, 9.17) is 10.5 Å². The number of hydrogen-bond donors (Lipinski definition) is 3. The molecule has 1 saturated heterocycles. The molecule has 0 radical (unpaired) electrons. The minimum Gasteiger partial charge on any atom is -0.444 e. The Morgan fingerprint density at radius 2 is 1.97 bits per heavy atom. The summed E-state index contributed by atoms with van der Waals surface area (Å²) in [6.45, 7) is 6.25. The van der Waals surface area contributed by atoms with Gasteiger partial charge in [0, 0.05) is 37.2 Å². The van der Waals surface area contributed by atoms with Crippen LogP contribution < -0.4 is 16.4 Å². The van der Waals surface area contributed by atoms with E-state index in [-0.39, 0.29) is 17.3 Å². The van der Waals surface area contributed by atoms with Gasteiger partial charge < -0.3 is 30.6 Å². The molecule has 1 fully saturated rings. The summed E-state index contributed by atoms with van der Waals surface area (Å²) in [6.07, 6.45) is 3.95. The zero-order valence-corrected chi connectivity index (χ0v) is 18.4. The van der Waals surface area contributed by atoms with Gasteiger partial charge in [0.1, 0.15) is 11.4 Å². The van der Waals surface area contributed by atoms with Gasteiger partial charge in [-0.3, -0.25) is 4.79 Å². The summed E-state index contributed by atoms with van der Waals surface area (Å²) in [7, 11) is 0. The molecule has 1 aliphatic heterocycles. The van der Waals surface area contributed by atoms with Crippen LogP contribution >= 0.6 is 0 Å². The van der Waals surface area contributed by atoms with Gasteiger partial charge in [-0.1, -0.05) is 6.07 Å². The molecular weight excluding hydrogens is 417 g/mol. The monoisotopic (exact) mass is 445 g/mol. The van der Waals surface area contributed by atoms with Crippen molar-refractivity contribution in [2.75, 3.05) is 18.4 Å². The zero-order chi connectivity index (χ0) is 23.5. The molecule has 9 nitrogen and oxygen atoms in total. The van der Waals surface area contributed by atoms with Gasteiger partial charge >= 0.3 is 12.1 Å². The van der Waals surface area contributed by atoms with Crippen molar-refractivity contribution in [1.29, 1.82) is 0 Å². The largest absolute Gasteiger partial charge is 0.444 e. The average Bonchev–Trinajstić information content (AvgIpc) is 3.10. The Hall–Kier alpha value is -3.56. The van der Waals surface area contributed by atoms with E-state index in [0.29, 0.717) is 31.6 Å². The number of aromatic nitrogens is 1. The predicted octanol–water partition coefficient (Wildman–Crippen LogP) is 3.24. The highest BCUT2D eigenvalue weighted by atomic mass is 19.1. The number of amides is 4. The van der Waals surface area contributed by atoms with Crippen molar-refractivity contribution in [3.8, 4) is 5.69 Å². The lowest BCUT2D eigenvalue weighted by molar-refractivity contribution is 0.0185. The molecule has 2 heterocycles. The van der Waals surface area contributed by atoms with Crippen molar-refractivity contribution in [1.82, 2.24) is 14.8 Å². The first-order valence-electron chi connectivity index (χ1n) is 10.3. The van der Waals surface area contributed by atoms with E-state index in [1.54, 1.807) is 37.8 Å². The molecular formula is C22H28FN5O4. The van der Waals surface area contributed by atoms with Crippen LogP contribution in [-0.4, -0.2) is 52.2 Å². The molecule has 3 rings (SSSR count). The van der Waals surface area contributed by atoms with Crippen molar-refractivity contribution >= 4 is 23.7 Å². The molecule has 1 aromatic heterocycles.